The number of rotatable bonds is 1. The lowest BCUT2D eigenvalue weighted by atomic mass is 10.1. The Bertz CT molecular complexity index is 495. The van der Waals surface area contributed by atoms with Crippen molar-refractivity contribution >= 4 is 41.2 Å². The monoisotopic (exact) mass is 296 g/mol. The minimum Gasteiger partial charge on any atom is -0.143 e. The van der Waals surface area contributed by atoms with Crippen LogP contribution < -0.4 is 0 Å². The minimum atomic E-state index is 0.958. The predicted molar refractivity (Wildman–Crippen MR) is 74.1 cm³/mol. The molecule has 3 heteroatoms. The number of hydrogen-bond acceptors (Lipinski definition) is 2. The Labute approximate surface area is 109 Å². The smallest absolute Gasteiger partial charge is 0.0182 e. The molecule has 0 bridgehead atoms. The standard InChI is InChI=1S/C12H9BrS2/c13-8-5-6-12(15)10(7-8)9-3-1-2-4-11(9)14/h1-7,14-15H. The van der Waals surface area contributed by atoms with Gasteiger partial charge >= 0.3 is 0 Å². The molecule has 0 unspecified atom stereocenters. The summed E-state index contributed by atoms with van der Waals surface area (Å²) in [6, 6.07) is 14.0. The Kier molecular flexibility index (Phi) is 3.44. The highest BCUT2D eigenvalue weighted by atomic mass is 79.9. The maximum absolute atomic E-state index is 4.45. The van der Waals surface area contributed by atoms with Crippen LogP contribution in [0.3, 0.4) is 0 Å². The normalized spacial score (nSPS) is 10.3. The summed E-state index contributed by atoms with van der Waals surface area (Å²) >= 11 is 12.3. The Morgan fingerprint density at radius 3 is 2.20 bits per heavy atom. The van der Waals surface area contributed by atoms with Crippen LogP contribution in [0.25, 0.3) is 11.1 Å². The summed E-state index contributed by atoms with van der Waals surface area (Å²) in [5, 5.41) is 0. The van der Waals surface area contributed by atoms with Gasteiger partial charge in [0, 0.05) is 14.3 Å². The van der Waals surface area contributed by atoms with Crippen LogP contribution in [0, 0.1) is 0 Å². The van der Waals surface area contributed by atoms with Crippen molar-refractivity contribution in [3.8, 4) is 11.1 Å². The van der Waals surface area contributed by atoms with E-state index in [1.807, 2.05) is 36.4 Å². The first-order valence-corrected chi connectivity index (χ1v) is 6.14. The van der Waals surface area contributed by atoms with E-state index >= 15 is 0 Å². The second-order valence-corrected chi connectivity index (χ2v) is 5.06. The molecule has 0 N–H and O–H groups in total. The number of thiol groups is 2. The Morgan fingerprint density at radius 1 is 0.800 bits per heavy atom. The number of benzene rings is 2. The maximum Gasteiger partial charge on any atom is 0.0182 e. The van der Waals surface area contributed by atoms with Gasteiger partial charge in [0.1, 0.15) is 0 Å². The molecule has 0 amide bonds. The van der Waals surface area contributed by atoms with Crippen LogP contribution in [-0.4, -0.2) is 0 Å². The number of hydrogen-bond donors (Lipinski definition) is 2. The van der Waals surface area contributed by atoms with Crippen LogP contribution in [0.4, 0.5) is 0 Å². The summed E-state index contributed by atoms with van der Waals surface area (Å²) in [5.74, 6) is 0. The van der Waals surface area contributed by atoms with Crippen molar-refractivity contribution in [2.75, 3.05) is 0 Å². The molecule has 0 aromatic heterocycles. The molecule has 0 atom stereocenters. The third-order valence-electron chi connectivity index (χ3n) is 2.15. The minimum absolute atomic E-state index is 0.958. The molecule has 0 aliphatic carbocycles. The molecule has 0 fully saturated rings. The van der Waals surface area contributed by atoms with Crippen molar-refractivity contribution in [3.05, 3.63) is 46.9 Å². The van der Waals surface area contributed by atoms with Gasteiger partial charge in [-0.25, -0.2) is 0 Å². The molecule has 0 spiro atoms. The molecule has 2 aromatic carbocycles. The van der Waals surface area contributed by atoms with Crippen molar-refractivity contribution in [1.29, 1.82) is 0 Å². The van der Waals surface area contributed by atoms with Crippen molar-refractivity contribution in [2.45, 2.75) is 9.79 Å². The maximum atomic E-state index is 4.45. The molecule has 0 radical (unpaired) electrons. The Morgan fingerprint density at radius 2 is 1.47 bits per heavy atom. The van der Waals surface area contributed by atoms with Gasteiger partial charge in [-0.1, -0.05) is 34.1 Å². The van der Waals surface area contributed by atoms with E-state index in [1.54, 1.807) is 0 Å². The van der Waals surface area contributed by atoms with E-state index < -0.39 is 0 Å². The van der Waals surface area contributed by atoms with Crippen LogP contribution in [0.5, 0.6) is 0 Å². The SMILES string of the molecule is Sc1ccccc1-c1cc(Br)ccc1S. The average molecular weight is 297 g/mol. The van der Waals surface area contributed by atoms with E-state index in [1.165, 1.54) is 0 Å². The molecular weight excluding hydrogens is 288 g/mol. The molecular formula is C12H9BrS2. The summed E-state index contributed by atoms with van der Waals surface area (Å²) in [7, 11) is 0. The molecule has 2 rings (SSSR count). The topological polar surface area (TPSA) is 0 Å². The second kappa shape index (κ2) is 4.64. The lowest BCUT2D eigenvalue weighted by molar-refractivity contribution is 1.38. The van der Waals surface area contributed by atoms with E-state index in [2.05, 4.69) is 47.3 Å². The van der Waals surface area contributed by atoms with Gasteiger partial charge in [-0.2, -0.15) is 0 Å². The summed E-state index contributed by atoms with van der Waals surface area (Å²) < 4.78 is 1.05. The summed E-state index contributed by atoms with van der Waals surface area (Å²) in [4.78, 5) is 1.92. The van der Waals surface area contributed by atoms with Gasteiger partial charge in [-0.05, 0) is 35.4 Å². The molecule has 0 heterocycles. The van der Waals surface area contributed by atoms with E-state index in [9.17, 15) is 0 Å². The largest absolute Gasteiger partial charge is 0.143 e. The summed E-state index contributed by atoms with van der Waals surface area (Å²) in [5.41, 5.74) is 2.20. The van der Waals surface area contributed by atoms with Crippen molar-refractivity contribution < 1.29 is 0 Å². The number of halogens is 1. The van der Waals surface area contributed by atoms with Gasteiger partial charge in [-0.15, -0.1) is 25.3 Å². The van der Waals surface area contributed by atoms with Gasteiger partial charge in [-0.3, -0.25) is 0 Å². The Hall–Kier alpha value is -0.380. The fourth-order valence-corrected chi connectivity index (χ4v) is 2.33. The first kappa shape index (κ1) is 11.1. The van der Waals surface area contributed by atoms with E-state index in [-0.39, 0.29) is 0 Å². The highest BCUT2D eigenvalue weighted by Gasteiger charge is 2.05. The zero-order valence-electron chi connectivity index (χ0n) is 7.81. The van der Waals surface area contributed by atoms with Crippen molar-refractivity contribution in [1.82, 2.24) is 0 Å². The van der Waals surface area contributed by atoms with Crippen molar-refractivity contribution in [3.63, 3.8) is 0 Å². The van der Waals surface area contributed by atoms with Gasteiger partial charge in [0.2, 0.25) is 0 Å². The van der Waals surface area contributed by atoms with Gasteiger partial charge in [0.15, 0.2) is 0 Å². The summed E-state index contributed by atoms with van der Waals surface area (Å²) in [6.45, 7) is 0. The molecule has 15 heavy (non-hydrogen) atoms. The van der Waals surface area contributed by atoms with Crippen LogP contribution in [0.15, 0.2) is 56.7 Å². The molecule has 0 aliphatic heterocycles. The highest BCUT2D eigenvalue weighted by Crippen LogP contribution is 2.33. The third kappa shape index (κ3) is 2.41. The van der Waals surface area contributed by atoms with Crippen molar-refractivity contribution in [2.24, 2.45) is 0 Å². The Balaban J connectivity index is 2.64. The van der Waals surface area contributed by atoms with E-state index in [0.29, 0.717) is 0 Å². The van der Waals surface area contributed by atoms with Gasteiger partial charge in [0.25, 0.3) is 0 Å². The first-order valence-electron chi connectivity index (χ1n) is 4.45. The molecule has 0 aliphatic rings. The fraction of sp³-hybridized carbons (Fsp3) is 0. The zero-order chi connectivity index (χ0) is 10.8. The van der Waals surface area contributed by atoms with Crippen LogP contribution >= 0.6 is 41.2 Å². The van der Waals surface area contributed by atoms with E-state index in [4.69, 9.17) is 0 Å². The zero-order valence-corrected chi connectivity index (χ0v) is 11.2. The second-order valence-electron chi connectivity index (χ2n) is 3.18. The highest BCUT2D eigenvalue weighted by molar-refractivity contribution is 9.10. The molecule has 0 saturated heterocycles. The van der Waals surface area contributed by atoms with Crippen LogP contribution in [0.2, 0.25) is 0 Å². The van der Waals surface area contributed by atoms with Gasteiger partial charge in [0.05, 0.1) is 0 Å². The predicted octanol–water partition coefficient (Wildman–Crippen LogP) is 4.69. The molecule has 76 valence electrons. The molecule has 0 nitrogen and oxygen atoms in total. The quantitative estimate of drug-likeness (QED) is 0.701. The van der Waals surface area contributed by atoms with E-state index in [0.717, 1.165) is 25.4 Å². The summed E-state index contributed by atoms with van der Waals surface area (Å²) in [6.07, 6.45) is 0. The molecule has 0 saturated carbocycles. The fourth-order valence-electron chi connectivity index (χ4n) is 1.43. The van der Waals surface area contributed by atoms with Crippen LogP contribution in [0.1, 0.15) is 0 Å². The lowest BCUT2D eigenvalue weighted by Gasteiger charge is -2.08. The van der Waals surface area contributed by atoms with Gasteiger partial charge < -0.3 is 0 Å². The molecule has 2 aromatic rings. The van der Waals surface area contributed by atoms with Crippen LogP contribution in [-0.2, 0) is 0 Å². The third-order valence-corrected chi connectivity index (χ3v) is 3.43. The average Bonchev–Trinajstić information content (AvgIpc) is 2.23. The lowest BCUT2D eigenvalue weighted by Crippen LogP contribution is -1.82. The first-order chi connectivity index (χ1) is 7.18.